The highest BCUT2D eigenvalue weighted by Crippen LogP contribution is 2.35. The molecule has 4 N–H and O–H groups in total. The van der Waals surface area contributed by atoms with Crippen LogP contribution in [0.25, 0.3) is 0 Å². The summed E-state index contributed by atoms with van der Waals surface area (Å²) in [6.45, 7) is 4.03. The quantitative estimate of drug-likeness (QED) is 0.0378. The van der Waals surface area contributed by atoms with Crippen LogP contribution in [0.4, 0.5) is 0 Å². The maximum atomic E-state index is 12.4. The molecule has 1 amide bonds. The Balaban J connectivity index is 4.10. The molecule has 0 heterocycles. The highest BCUT2D eigenvalue weighted by molar-refractivity contribution is 7.46. The van der Waals surface area contributed by atoms with Gasteiger partial charge in [-0.15, -0.1) is 0 Å². The molecule has 0 aromatic rings. The first-order valence-corrected chi connectivity index (χ1v) is 18.2. The van der Waals surface area contributed by atoms with Crippen molar-refractivity contribution in [3.8, 4) is 0 Å². The van der Waals surface area contributed by atoms with Crippen molar-refractivity contribution in [3.63, 3.8) is 0 Å². The lowest BCUT2D eigenvalue weighted by atomic mass is 10.0. The molecule has 0 aliphatic heterocycles. The maximum Gasteiger partial charge on any atom is 0.469 e. The van der Waals surface area contributed by atoms with Gasteiger partial charge in [0.05, 0.1) is 18.8 Å². The predicted molar refractivity (Wildman–Crippen MR) is 167 cm³/mol. The van der Waals surface area contributed by atoms with Gasteiger partial charge in [-0.25, -0.2) is 4.57 Å². The zero-order valence-electron chi connectivity index (χ0n) is 26.0. The number of phosphoric ester groups is 1. The number of rotatable bonds is 30. The minimum absolute atomic E-state index is 0.229. The highest BCUT2D eigenvalue weighted by Gasteiger charge is 2.24. The van der Waals surface area contributed by atoms with Gasteiger partial charge >= 0.3 is 7.82 Å². The van der Waals surface area contributed by atoms with Crippen LogP contribution in [0, 0.1) is 0 Å². The van der Waals surface area contributed by atoms with E-state index in [1.54, 1.807) is 6.08 Å². The Morgan fingerprint density at radius 3 is 1.52 bits per heavy atom. The lowest BCUT2D eigenvalue weighted by Gasteiger charge is -2.22. The number of hydrogen-bond acceptors (Lipinski definition) is 4. The second-order valence-electron chi connectivity index (χ2n) is 11.5. The highest BCUT2D eigenvalue weighted by atomic mass is 31.2. The third kappa shape index (κ3) is 28.8. The van der Waals surface area contributed by atoms with Crippen LogP contribution < -0.4 is 5.32 Å². The summed E-state index contributed by atoms with van der Waals surface area (Å²) < 4.78 is 15.8. The molecule has 0 bridgehead atoms. The van der Waals surface area contributed by atoms with Crippen LogP contribution in [0.3, 0.4) is 0 Å². The van der Waals surface area contributed by atoms with Crippen LogP contribution in [0.5, 0.6) is 0 Å². The van der Waals surface area contributed by atoms with Gasteiger partial charge in [-0.3, -0.25) is 9.32 Å². The van der Waals surface area contributed by atoms with Gasteiger partial charge in [0.1, 0.15) is 0 Å². The van der Waals surface area contributed by atoms with Crippen molar-refractivity contribution in [3.05, 3.63) is 12.2 Å². The number of aliphatic hydroxyl groups is 1. The number of unbranched alkanes of at least 4 members (excludes halogenated alkanes) is 21. The molecule has 0 aromatic carbocycles. The Morgan fingerprint density at radius 2 is 1.10 bits per heavy atom. The Morgan fingerprint density at radius 1 is 0.700 bits per heavy atom. The van der Waals surface area contributed by atoms with Crippen molar-refractivity contribution in [2.75, 3.05) is 6.61 Å². The molecule has 0 spiro atoms. The van der Waals surface area contributed by atoms with Gasteiger partial charge in [0, 0.05) is 6.42 Å². The predicted octanol–water partition coefficient (Wildman–Crippen LogP) is 8.90. The van der Waals surface area contributed by atoms with Gasteiger partial charge in [-0.1, -0.05) is 154 Å². The Bertz CT molecular complexity index is 639. The summed E-state index contributed by atoms with van der Waals surface area (Å²) in [5, 5.41) is 13.3. The lowest BCUT2D eigenvalue weighted by molar-refractivity contribution is -0.123. The lowest BCUT2D eigenvalue weighted by Crippen LogP contribution is -2.45. The van der Waals surface area contributed by atoms with E-state index in [4.69, 9.17) is 9.79 Å². The van der Waals surface area contributed by atoms with E-state index in [0.717, 1.165) is 38.5 Å². The van der Waals surface area contributed by atoms with E-state index in [9.17, 15) is 14.5 Å². The number of carbonyl (C=O) groups excluding carboxylic acids is 1. The van der Waals surface area contributed by atoms with Crippen LogP contribution in [-0.2, 0) is 13.9 Å². The van der Waals surface area contributed by atoms with E-state index in [2.05, 4.69) is 23.7 Å². The number of hydrogen-bond donors (Lipinski definition) is 4. The average Bonchev–Trinajstić information content (AvgIpc) is 2.91. The summed E-state index contributed by atoms with van der Waals surface area (Å²) in [7, 11) is -4.70. The number of nitrogens with one attached hydrogen (secondary N) is 1. The van der Waals surface area contributed by atoms with E-state index in [1.165, 1.54) is 109 Å². The SMILES string of the molecule is CCCCCCCCCCCCCC/C=C/[C@@H](O)[C@H](COP(=O)(O)O)NC(=O)CCCCCCCCCCCC. The molecule has 8 heteroatoms. The van der Waals surface area contributed by atoms with Gasteiger partial charge in [0.25, 0.3) is 0 Å². The van der Waals surface area contributed by atoms with E-state index in [0.29, 0.717) is 6.42 Å². The minimum atomic E-state index is -4.70. The molecular formula is C32H64NO6P. The number of carbonyl (C=O) groups is 1. The molecule has 238 valence electrons. The molecule has 0 saturated carbocycles. The average molecular weight is 590 g/mol. The summed E-state index contributed by atoms with van der Waals surface area (Å²) in [6, 6.07) is -0.901. The van der Waals surface area contributed by atoms with Crippen molar-refractivity contribution in [1.29, 1.82) is 0 Å². The topological polar surface area (TPSA) is 116 Å². The maximum absolute atomic E-state index is 12.4. The molecule has 7 nitrogen and oxygen atoms in total. The van der Waals surface area contributed by atoms with Gasteiger partial charge < -0.3 is 20.2 Å². The fourth-order valence-corrected chi connectivity index (χ4v) is 5.28. The Kier molecular flexibility index (Phi) is 27.9. The molecule has 0 aromatic heterocycles. The third-order valence-electron chi connectivity index (χ3n) is 7.50. The van der Waals surface area contributed by atoms with Crippen molar-refractivity contribution in [2.45, 2.75) is 180 Å². The molecule has 0 fully saturated rings. The van der Waals surface area contributed by atoms with Crippen LogP contribution >= 0.6 is 7.82 Å². The zero-order chi connectivity index (χ0) is 29.7. The van der Waals surface area contributed by atoms with E-state index in [1.807, 2.05) is 6.08 Å². The fourth-order valence-electron chi connectivity index (χ4n) is 4.93. The van der Waals surface area contributed by atoms with Crippen LogP contribution in [-0.4, -0.2) is 39.6 Å². The smallest absolute Gasteiger partial charge is 0.387 e. The summed E-state index contributed by atoms with van der Waals surface area (Å²) >= 11 is 0. The van der Waals surface area contributed by atoms with Crippen molar-refractivity contribution in [1.82, 2.24) is 5.32 Å². The number of allylic oxidation sites excluding steroid dienone is 1. The molecule has 0 saturated heterocycles. The molecular weight excluding hydrogens is 525 g/mol. The van der Waals surface area contributed by atoms with E-state index in [-0.39, 0.29) is 5.91 Å². The van der Waals surface area contributed by atoms with Crippen molar-refractivity contribution in [2.24, 2.45) is 0 Å². The first-order chi connectivity index (χ1) is 19.3. The molecule has 0 aliphatic rings. The second kappa shape index (κ2) is 28.4. The molecule has 2 atom stereocenters. The third-order valence-corrected chi connectivity index (χ3v) is 7.98. The largest absolute Gasteiger partial charge is 0.469 e. The van der Waals surface area contributed by atoms with Crippen LogP contribution in [0.2, 0.25) is 0 Å². The van der Waals surface area contributed by atoms with E-state index < -0.39 is 26.6 Å². The summed E-state index contributed by atoms with van der Waals surface area (Å²) in [5.74, 6) is -0.229. The fraction of sp³-hybridized carbons (Fsp3) is 0.906. The second-order valence-corrected chi connectivity index (χ2v) is 12.7. The monoisotopic (exact) mass is 589 g/mol. The van der Waals surface area contributed by atoms with E-state index >= 15 is 0 Å². The van der Waals surface area contributed by atoms with Gasteiger partial charge in [0.15, 0.2) is 0 Å². The van der Waals surface area contributed by atoms with Crippen LogP contribution in [0.1, 0.15) is 168 Å². The summed E-state index contributed by atoms with van der Waals surface area (Å²) in [6.07, 6.45) is 30.8. The Hall–Kier alpha value is -0.720. The molecule has 0 rings (SSSR count). The summed E-state index contributed by atoms with van der Waals surface area (Å²) in [4.78, 5) is 30.6. The summed E-state index contributed by atoms with van der Waals surface area (Å²) in [5.41, 5.74) is 0. The molecule has 40 heavy (non-hydrogen) atoms. The number of phosphoric acid groups is 1. The van der Waals surface area contributed by atoms with Crippen molar-refractivity contribution >= 4 is 13.7 Å². The minimum Gasteiger partial charge on any atom is -0.387 e. The van der Waals surface area contributed by atoms with Gasteiger partial charge in [-0.2, -0.15) is 0 Å². The standard InChI is InChI=1S/C32H64NO6P/c1-3-5-7-9-11-13-15-16-17-18-19-21-23-25-27-31(34)30(29-39-40(36,37)38)33-32(35)28-26-24-22-20-14-12-10-8-6-4-2/h25,27,30-31,34H,3-24,26,28-29H2,1-2H3,(H,33,35)(H2,36,37,38)/b27-25+/t30-,31+/m0/s1. The molecule has 0 unspecified atom stereocenters. The van der Waals surface area contributed by atoms with Crippen LogP contribution in [0.15, 0.2) is 12.2 Å². The van der Waals surface area contributed by atoms with Crippen molar-refractivity contribution < 1.29 is 28.8 Å². The Labute approximate surface area is 246 Å². The molecule has 0 aliphatic carbocycles. The first kappa shape index (κ1) is 39.3. The number of amides is 1. The molecule has 0 radical (unpaired) electrons. The normalized spacial score (nSPS) is 13.6. The van der Waals surface area contributed by atoms with Gasteiger partial charge in [0.2, 0.25) is 5.91 Å². The van der Waals surface area contributed by atoms with Gasteiger partial charge in [-0.05, 0) is 19.3 Å². The number of aliphatic hydroxyl groups excluding tert-OH is 1. The first-order valence-electron chi connectivity index (χ1n) is 16.6. The zero-order valence-corrected chi connectivity index (χ0v) is 26.9.